The van der Waals surface area contributed by atoms with Gasteiger partial charge in [0.2, 0.25) is 0 Å². The van der Waals surface area contributed by atoms with Crippen LogP contribution in [0, 0.1) is 21.7 Å². The highest BCUT2D eigenvalue weighted by Crippen LogP contribution is 2.26. The highest BCUT2D eigenvalue weighted by molar-refractivity contribution is 6.32. The zero-order chi connectivity index (χ0) is 14.7. The highest BCUT2D eigenvalue weighted by Gasteiger charge is 2.13. The zero-order valence-electron chi connectivity index (χ0n) is 9.98. The second-order valence-corrected chi connectivity index (χ2v) is 4.31. The first-order valence-corrected chi connectivity index (χ1v) is 5.86. The topological polar surface area (TPSA) is 52.4 Å². The molecule has 0 aliphatic heterocycles. The quantitative estimate of drug-likeness (QED) is 0.630. The van der Waals surface area contributed by atoms with Gasteiger partial charge in [0.25, 0.3) is 5.69 Å². The number of hydrogen-bond acceptors (Lipinski definition) is 3. The van der Waals surface area contributed by atoms with Crippen molar-refractivity contribution in [3.05, 3.63) is 68.7 Å². The lowest BCUT2D eigenvalue weighted by Gasteiger charge is -2.07. The Morgan fingerprint density at radius 3 is 2.65 bits per heavy atom. The van der Waals surface area contributed by atoms with Crippen molar-refractivity contribution in [1.29, 1.82) is 0 Å². The predicted octanol–water partition coefficient (Wildman–Crippen LogP) is 4.11. The second kappa shape index (κ2) is 5.83. The van der Waals surface area contributed by atoms with Gasteiger partial charge >= 0.3 is 0 Å². The minimum atomic E-state index is -0.713. The summed E-state index contributed by atoms with van der Waals surface area (Å²) in [6, 6.07) is 6.89. The molecule has 0 aliphatic carbocycles. The molecular weight excluding hydrogens is 292 g/mol. The van der Waals surface area contributed by atoms with Crippen molar-refractivity contribution in [2.45, 2.75) is 6.61 Å². The summed E-state index contributed by atoms with van der Waals surface area (Å²) in [6.07, 6.45) is 0. The minimum absolute atomic E-state index is 0.00399. The van der Waals surface area contributed by atoms with Crippen LogP contribution in [0.3, 0.4) is 0 Å². The van der Waals surface area contributed by atoms with Crippen LogP contribution in [0.5, 0.6) is 5.75 Å². The van der Waals surface area contributed by atoms with Crippen LogP contribution in [-0.4, -0.2) is 4.92 Å². The van der Waals surface area contributed by atoms with Crippen molar-refractivity contribution in [3.8, 4) is 5.75 Å². The molecule has 0 fully saturated rings. The Labute approximate surface area is 117 Å². The van der Waals surface area contributed by atoms with Crippen LogP contribution < -0.4 is 4.74 Å². The first-order valence-electron chi connectivity index (χ1n) is 5.48. The maximum Gasteiger partial charge on any atom is 0.288 e. The maximum absolute atomic E-state index is 13.3. The Balaban J connectivity index is 2.17. The average molecular weight is 300 g/mol. The highest BCUT2D eigenvalue weighted by atomic mass is 35.5. The van der Waals surface area contributed by atoms with Gasteiger partial charge in [0.1, 0.15) is 17.4 Å². The fourth-order valence-electron chi connectivity index (χ4n) is 1.54. The molecule has 0 saturated carbocycles. The summed E-state index contributed by atoms with van der Waals surface area (Å²) < 4.78 is 31.4. The molecule has 0 spiro atoms. The standard InChI is InChI=1S/C13H8ClF2NO3/c14-10-3-1-8(5-12(10)17(18)19)7-20-13-6-9(15)2-4-11(13)16/h1-6H,7H2. The van der Waals surface area contributed by atoms with E-state index in [-0.39, 0.29) is 23.1 Å². The molecule has 20 heavy (non-hydrogen) atoms. The summed E-state index contributed by atoms with van der Waals surface area (Å²) in [5, 5.41) is 10.7. The van der Waals surface area contributed by atoms with Crippen LogP contribution >= 0.6 is 11.6 Å². The number of nitro groups is 1. The summed E-state index contributed by atoms with van der Waals surface area (Å²) in [5.41, 5.74) is 0.150. The largest absolute Gasteiger partial charge is 0.486 e. The van der Waals surface area contributed by atoms with E-state index in [9.17, 15) is 18.9 Å². The molecule has 2 aromatic carbocycles. The van der Waals surface area contributed by atoms with Gasteiger partial charge in [0.15, 0.2) is 11.6 Å². The van der Waals surface area contributed by atoms with Gasteiger partial charge in [-0.1, -0.05) is 17.7 Å². The lowest BCUT2D eigenvalue weighted by Crippen LogP contribution is -1.99. The summed E-state index contributed by atoms with van der Waals surface area (Å²) in [7, 11) is 0. The van der Waals surface area contributed by atoms with E-state index < -0.39 is 16.6 Å². The Morgan fingerprint density at radius 2 is 1.95 bits per heavy atom. The van der Waals surface area contributed by atoms with Crippen molar-refractivity contribution in [3.63, 3.8) is 0 Å². The molecule has 0 unspecified atom stereocenters. The van der Waals surface area contributed by atoms with Crippen LogP contribution in [0.2, 0.25) is 5.02 Å². The zero-order valence-corrected chi connectivity index (χ0v) is 10.7. The number of rotatable bonds is 4. The van der Waals surface area contributed by atoms with Crippen molar-refractivity contribution in [2.75, 3.05) is 0 Å². The number of ether oxygens (including phenoxy) is 1. The predicted molar refractivity (Wildman–Crippen MR) is 68.8 cm³/mol. The summed E-state index contributed by atoms with van der Waals surface area (Å²) >= 11 is 5.66. The molecular formula is C13H8ClF2NO3. The van der Waals surface area contributed by atoms with Gasteiger partial charge < -0.3 is 4.74 Å². The van der Waals surface area contributed by atoms with Crippen LogP contribution in [0.1, 0.15) is 5.56 Å². The van der Waals surface area contributed by atoms with E-state index in [0.717, 1.165) is 18.2 Å². The number of hydrogen-bond donors (Lipinski definition) is 0. The van der Waals surface area contributed by atoms with E-state index in [0.29, 0.717) is 5.56 Å². The van der Waals surface area contributed by atoms with E-state index >= 15 is 0 Å². The van der Waals surface area contributed by atoms with Gasteiger partial charge in [0, 0.05) is 12.1 Å². The Bertz CT molecular complexity index is 664. The average Bonchev–Trinajstić information content (AvgIpc) is 2.41. The number of benzene rings is 2. The summed E-state index contributed by atoms with van der Waals surface area (Å²) in [6.45, 7) is -0.140. The van der Waals surface area contributed by atoms with Crippen LogP contribution in [-0.2, 0) is 6.61 Å². The molecule has 0 heterocycles. The van der Waals surface area contributed by atoms with Gasteiger partial charge in [-0.2, -0.15) is 0 Å². The lowest BCUT2D eigenvalue weighted by molar-refractivity contribution is -0.384. The Hall–Kier alpha value is -2.21. The van der Waals surface area contributed by atoms with Crippen molar-refractivity contribution in [2.24, 2.45) is 0 Å². The smallest absolute Gasteiger partial charge is 0.288 e. The third-order valence-corrected chi connectivity index (χ3v) is 2.81. The molecule has 0 atom stereocenters. The van der Waals surface area contributed by atoms with E-state index in [1.807, 2.05) is 0 Å². The molecule has 0 aromatic heterocycles. The maximum atomic E-state index is 13.3. The monoisotopic (exact) mass is 299 g/mol. The first kappa shape index (κ1) is 14.2. The molecule has 104 valence electrons. The molecule has 0 aliphatic rings. The third kappa shape index (κ3) is 3.21. The third-order valence-electron chi connectivity index (χ3n) is 2.49. The van der Waals surface area contributed by atoms with E-state index in [2.05, 4.69) is 0 Å². The normalized spacial score (nSPS) is 10.3. The Morgan fingerprint density at radius 1 is 1.20 bits per heavy atom. The van der Waals surface area contributed by atoms with Gasteiger partial charge in [-0.05, 0) is 23.8 Å². The Kier molecular flexibility index (Phi) is 4.14. The van der Waals surface area contributed by atoms with Gasteiger partial charge in [-0.3, -0.25) is 10.1 Å². The molecule has 4 nitrogen and oxygen atoms in total. The van der Waals surface area contributed by atoms with Crippen molar-refractivity contribution < 1.29 is 18.4 Å². The molecule has 0 saturated heterocycles. The van der Waals surface area contributed by atoms with Gasteiger partial charge in [-0.15, -0.1) is 0 Å². The lowest BCUT2D eigenvalue weighted by atomic mass is 10.2. The second-order valence-electron chi connectivity index (χ2n) is 3.91. The minimum Gasteiger partial charge on any atom is -0.486 e. The fourth-order valence-corrected chi connectivity index (χ4v) is 1.72. The first-order chi connectivity index (χ1) is 9.47. The van der Waals surface area contributed by atoms with Crippen LogP contribution in [0.25, 0.3) is 0 Å². The van der Waals surface area contributed by atoms with Crippen molar-refractivity contribution in [1.82, 2.24) is 0 Å². The van der Waals surface area contributed by atoms with Gasteiger partial charge in [-0.25, -0.2) is 8.78 Å². The molecule has 2 aromatic rings. The van der Waals surface area contributed by atoms with Crippen molar-refractivity contribution >= 4 is 17.3 Å². The van der Waals surface area contributed by atoms with E-state index in [1.54, 1.807) is 0 Å². The van der Waals surface area contributed by atoms with Crippen LogP contribution in [0.15, 0.2) is 36.4 Å². The summed E-state index contributed by atoms with van der Waals surface area (Å²) in [4.78, 5) is 10.1. The fraction of sp³-hybridized carbons (Fsp3) is 0.0769. The molecule has 0 N–H and O–H groups in total. The van der Waals surface area contributed by atoms with Crippen LogP contribution in [0.4, 0.5) is 14.5 Å². The number of halogens is 3. The van der Waals surface area contributed by atoms with E-state index in [4.69, 9.17) is 16.3 Å². The molecule has 0 bridgehead atoms. The van der Waals surface area contributed by atoms with E-state index in [1.165, 1.54) is 18.2 Å². The van der Waals surface area contributed by atoms with Gasteiger partial charge in [0.05, 0.1) is 4.92 Å². The number of nitro benzene ring substituents is 1. The molecule has 0 radical (unpaired) electrons. The molecule has 0 amide bonds. The number of nitrogens with zero attached hydrogens (tertiary/aromatic N) is 1. The SMILES string of the molecule is O=[N+]([O-])c1cc(COc2cc(F)ccc2F)ccc1Cl. The molecule has 7 heteroatoms. The molecule has 2 rings (SSSR count). The summed E-state index contributed by atoms with van der Waals surface area (Å²) in [5.74, 6) is -1.61.